The van der Waals surface area contributed by atoms with Gasteiger partial charge >= 0.3 is 0 Å². The van der Waals surface area contributed by atoms with Gasteiger partial charge in [-0.2, -0.15) is 0 Å². The molecule has 1 aliphatic carbocycles. The molecule has 0 saturated heterocycles. The van der Waals surface area contributed by atoms with Crippen molar-refractivity contribution < 1.29 is 9.90 Å². The Bertz CT molecular complexity index is 434. The summed E-state index contributed by atoms with van der Waals surface area (Å²) in [6.07, 6.45) is 3.17. The van der Waals surface area contributed by atoms with E-state index in [-0.39, 0.29) is 12.0 Å². The van der Waals surface area contributed by atoms with Crippen molar-refractivity contribution >= 4 is 29.3 Å². The van der Waals surface area contributed by atoms with Gasteiger partial charge in [0.15, 0.2) is 0 Å². The summed E-state index contributed by atoms with van der Waals surface area (Å²) in [7, 11) is 0. The summed E-state index contributed by atoms with van der Waals surface area (Å²) in [5.41, 5.74) is 0. The number of thioether (sulfide) groups is 1. The molecule has 2 N–H and O–H groups in total. The van der Waals surface area contributed by atoms with Gasteiger partial charge in [0.1, 0.15) is 0 Å². The third-order valence-corrected chi connectivity index (χ3v) is 4.66. The highest BCUT2D eigenvalue weighted by Gasteiger charge is 2.29. The first-order valence-electron chi connectivity index (χ1n) is 6.98. The van der Waals surface area contributed by atoms with E-state index >= 15 is 0 Å². The highest BCUT2D eigenvalue weighted by Crippen LogP contribution is 2.32. The van der Waals surface area contributed by atoms with Crippen molar-refractivity contribution in [1.29, 1.82) is 0 Å². The van der Waals surface area contributed by atoms with Crippen molar-refractivity contribution in [2.45, 2.75) is 36.7 Å². The summed E-state index contributed by atoms with van der Waals surface area (Å²) in [6, 6.07) is 7.71. The Morgan fingerprint density at radius 3 is 2.75 bits per heavy atom. The Morgan fingerprint density at radius 2 is 2.10 bits per heavy atom. The lowest BCUT2D eigenvalue weighted by molar-refractivity contribution is -0.121. The predicted molar refractivity (Wildman–Crippen MR) is 83.2 cm³/mol. The summed E-state index contributed by atoms with van der Waals surface area (Å²) in [6.45, 7) is 0.397. The van der Waals surface area contributed by atoms with Crippen molar-refractivity contribution in [2.24, 2.45) is 5.92 Å². The van der Waals surface area contributed by atoms with Crippen LogP contribution in [0.5, 0.6) is 0 Å². The lowest BCUT2D eigenvalue weighted by Crippen LogP contribution is -2.33. The van der Waals surface area contributed by atoms with E-state index in [1.54, 1.807) is 11.8 Å². The van der Waals surface area contributed by atoms with Crippen LogP contribution in [0.15, 0.2) is 29.2 Å². The Morgan fingerprint density at radius 1 is 1.40 bits per heavy atom. The molecule has 2 rings (SSSR count). The minimum absolute atomic E-state index is 0.0291. The van der Waals surface area contributed by atoms with Crippen LogP contribution in [0.25, 0.3) is 0 Å². The number of carbonyl (C=O) groups is 1. The molecule has 3 nitrogen and oxygen atoms in total. The van der Waals surface area contributed by atoms with Gasteiger partial charge in [0, 0.05) is 22.9 Å². The van der Waals surface area contributed by atoms with Gasteiger partial charge in [-0.25, -0.2) is 0 Å². The molecule has 1 saturated carbocycles. The molecule has 1 atom stereocenters. The fourth-order valence-electron chi connectivity index (χ4n) is 1.91. The number of carbonyl (C=O) groups excluding carboxylic acids is 1. The van der Waals surface area contributed by atoms with Crippen LogP contribution in [0, 0.1) is 5.92 Å². The number of aliphatic hydroxyl groups is 1. The summed E-state index contributed by atoms with van der Waals surface area (Å²) in [4.78, 5) is 12.8. The van der Waals surface area contributed by atoms with Gasteiger partial charge in [-0.3, -0.25) is 4.79 Å². The van der Waals surface area contributed by atoms with Gasteiger partial charge in [0.2, 0.25) is 5.91 Å². The molecule has 110 valence electrons. The molecule has 20 heavy (non-hydrogen) atoms. The van der Waals surface area contributed by atoms with E-state index in [0.717, 1.165) is 30.0 Å². The molecule has 0 aromatic heterocycles. The fraction of sp³-hybridized carbons (Fsp3) is 0.533. The van der Waals surface area contributed by atoms with E-state index in [1.165, 1.54) is 4.90 Å². The van der Waals surface area contributed by atoms with Crippen LogP contribution in [0.1, 0.15) is 25.7 Å². The molecule has 1 amide bonds. The fourth-order valence-corrected chi connectivity index (χ4v) is 2.89. The van der Waals surface area contributed by atoms with Crippen LogP contribution < -0.4 is 5.32 Å². The Hall–Kier alpha value is -0.710. The third-order valence-electron chi connectivity index (χ3n) is 3.31. The summed E-state index contributed by atoms with van der Waals surface area (Å²) < 4.78 is 0. The van der Waals surface area contributed by atoms with Crippen molar-refractivity contribution in [2.75, 3.05) is 12.3 Å². The lowest BCUT2D eigenvalue weighted by atomic mass is 10.2. The first-order valence-corrected chi connectivity index (χ1v) is 8.34. The Labute approximate surface area is 129 Å². The zero-order valence-corrected chi connectivity index (χ0v) is 12.9. The van der Waals surface area contributed by atoms with Crippen LogP contribution in [0.2, 0.25) is 5.02 Å². The van der Waals surface area contributed by atoms with Crippen molar-refractivity contribution in [1.82, 2.24) is 5.32 Å². The number of nitrogens with one attached hydrogen (secondary N) is 1. The summed E-state index contributed by atoms with van der Waals surface area (Å²) >= 11 is 7.54. The minimum Gasteiger partial charge on any atom is -0.391 e. The number of hydrogen-bond acceptors (Lipinski definition) is 3. The normalized spacial score (nSPS) is 15.9. The molecule has 0 bridgehead atoms. The van der Waals surface area contributed by atoms with Gasteiger partial charge < -0.3 is 10.4 Å². The largest absolute Gasteiger partial charge is 0.391 e. The average Bonchev–Trinajstić information content (AvgIpc) is 3.27. The van der Waals surface area contributed by atoms with Crippen molar-refractivity contribution in [3.05, 3.63) is 29.3 Å². The predicted octanol–water partition coefficient (Wildman–Crippen LogP) is 3.10. The molecule has 0 spiro atoms. The minimum atomic E-state index is -0.359. The SMILES string of the molecule is O=C(CCCSc1ccc(Cl)cc1)NCC(O)C1CC1. The monoisotopic (exact) mass is 313 g/mol. The number of aliphatic hydroxyl groups excluding tert-OH is 1. The number of hydrogen-bond donors (Lipinski definition) is 2. The molecule has 0 radical (unpaired) electrons. The maximum Gasteiger partial charge on any atom is 0.220 e. The van der Waals surface area contributed by atoms with Gasteiger partial charge in [0.05, 0.1) is 6.10 Å². The highest BCUT2D eigenvalue weighted by atomic mass is 35.5. The number of benzene rings is 1. The van der Waals surface area contributed by atoms with Crippen molar-refractivity contribution in [3.63, 3.8) is 0 Å². The van der Waals surface area contributed by atoms with E-state index in [1.807, 2.05) is 24.3 Å². The molecular formula is C15H20ClNO2S. The molecule has 5 heteroatoms. The quantitative estimate of drug-likeness (QED) is 0.573. The van der Waals surface area contributed by atoms with Crippen LogP contribution in [0.4, 0.5) is 0 Å². The van der Waals surface area contributed by atoms with Gasteiger partial charge in [-0.05, 0) is 55.2 Å². The second kappa shape index (κ2) is 7.91. The second-order valence-corrected chi connectivity index (χ2v) is 6.72. The van der Waals surface area contributed by atoms with Crippen LogP contribution in [-0.4, -0.2) is 29.4 Å². The Kier molecular flexibility index (Phi) is 6.20. The molecule has 1 aromatic rings. The first kappa shape index (κ1) is 15.7. The van der Waals surface area contributed by atoms with E-state index in [0.29, 0.717) is 18.9 Å². The molecule has 1 unspecified atom stereocenters. The van der Waals surface area contributed by atoms with E-state index in [2.05, 4.69) is 5.32 Å². The zero-order chi connectivity index (χ0) is 14.4. The number of amides is 1. The molecule has 1 aliphatic rings. The first-order chi connectivity index (χ1) is 9.65. The van der Waals surface area contributed by atoms with E-state index < -0.39 is 0 Å². The smallest absolute Gasteiger partial charge is 0.220 e. The van der Waals surface area contributed by atoms with Crippen molar-refractivity contribution in [3.8, 4) is 0 Å². The standard InChI is InChI=1S/C15H20ClNO2S/c16-12-5-7-13(8-6-12)20-9-1-2-15(19)17-10-14(18)11-3-4-11/h5-8,11,14,18H,1-4,9-10H2,(H,17,19). The summed E-state index contributed by atoms with van der Waals surface area (Å²) in [5, 5.41) is 13.2. The molecular weight excluding hydrogens is 294 g/mol. The maximum absolute atomic E-state index is 11.6. The van der Waals surface area contributed by atoms with Gasteiger partial charge in [0.25, 0.3) is 0 Å². The maximum atomic E-state index is 11.6. The lowest BCUT2D eigenvalue weighted by Gasteiger charge is -2.10. The third kappa shape index (κ3) is 5.73. The molecule has 1 aromatic carbocycles. The van der Waals surface area contributed by atoms with Gasteiger partial charge in [-0.1, -0.05) is 11.6 Å². The average molecular weight is 314 g/mol. The van der Waals surface area contributed by atoms with E-state index in [4.69, 9.17) is 11.6 Å². The second-order valence-electron chi connectivity index (χ2n) is 5.11. The zero-order valence-electron chi connectivity index (χ0n) is 11.3. The molecule has 1 fully saturated rings. The van der Waals surface area contributed by atoms with E-state index in [9.17, 15) is 9.90 Å². The van der Waals surface area contributed by atoms with Crippen LogP contribution in [-0.2, 0) is 4.79 Å². The summed E-state index contributed by atoms with van der Waals surface area (Å²) in [5.74, 6) is 1.34. The van der Waals surface area contributed by atoms with Crippen LogP contribution in [0.3, 0.4) is 0 Å². The number of halogens is 1. The van der Waals surface area contributed by atoms with Crippen LogP contribution >= 0.6 is 23.4 Å². The number of rotatable bonds is 8. The topological polar surface area (TPSA) is 49.3 Å². The molecule has 0 heterocycles. The van der Waals surface area contributed by atoms with Gasteiger partial charge in [-0.15, -0.1) is 11.8 Å². The highest BCUT2D eigenvalue weighted by molar-refractivity contribution is 7.99. The Balaban J connectivity index is 1.53. The molecule has 0 aliphatic heterocycles.